The quantitative estimate of drug-likeness (QED) is 0.587. The lowest BCUT2D eigenvalue weighted by Gasteiger charge is -2.33. The third kappa shape index (κ3) is 2.31. The van der Waals surface area contributed by atoms with E-state index >= 15 is 0 Å². The summed E-state index contributed by atoms with van der Waals surface area (Å²) in [5, 5.41) is 0. The molecule has 0 bridgehead atoms. The Hall–Kier alpha value is -0.370. The van der Waals surface area contributed by atoms with Gasteiger partial charge in [-0.3, -0.25) is 0 Å². The van der Waals surface area contributed by atoms with Crippen LogP contribution in [0.5, 0.6) is 0 Å². The molecule has 12 heavy (non-hydrogen) atoms. The summed E-state index contributed by atoms with van der Waals surface area (Å²) in [5.74, 6) is 0. The summed E-state index contributed by atoms with van der Waals surface area (Å²) in [5.41, 5.74) is 0. The Balaban J connectivity index is 2.42. The number of nitrogens with zero attached hydrogens (tertiary/aromatic N) is 1. The minimum absolute atomic E-state index is 0.619. The van der Waals surface area contributed by atoms with Crippen molar-refractivity contribution in [2.24, 2.45) is 0 Å². The number of piperidine rings is 1. The van der Waals surface area contributed by atoms with Crippen LogP contribution in [-0.4, -0.2) is 30.5 Å². The summed E-state index contributed by atoms with van der Waals surface area (Å²) in [4.78, 5) is 10.8. The molecular formula is C10H19NO+. The number of hydrogen-bond acceptors (Lipinski definition) is 1. The molecule has 1 radical (unpaired) electrons. The molecule has 0 aromatic carbocycles. The largest absolute Gasteiger partial charge is 0.442 e. The second-order valence-electron chi connectivity index (χ2n) is 3.82. The van der Waals surface area contributed by atoms with E-state index in [-0.39, 0.29) is 0 Å². The molecule has 0 atom stereocenters. The van der Waals surface area contributed by atoms with Crippen LogP contribution in [0, 0.1) is 0 Å². The first-order valence-corrected chi connectivity index (χ1v) is 5.08. The van der Waals surface area contributed by atoms with E-state index in [1.165, 1.54) is 25.7 Å². The maximum absolute atomic E-state index is 10.8. The van der Waals surface area contributed by atoms with Gasteiger partial charge in [-0.1, -0.05) is 13.3 Å². The van der Waals surface area contributed by atoms with Crippen molar-refractivity contribution >= 4 is 6.41 Å². The smallest absolute Gasteiger partial charge is 0.248 e. The van der Waals surface area contributed by atoms with Gasteiger partial charge >= 0.3 is 6.41 Å². The highest BCUT2D eigenvalue weighted by Gasteiger charge is 2.30. The van der Waals surface area contributed by atoms with Gasteiger partial charge in [-0.15, -0.1) is 0 Å². The predicted octanol–water partition coefficient (Wildman–Crippen LogP) is 1.85. The SMILES string of the molecule is CCCC[N+]1([C]=O)CCCCC1. The molecule has 0 unspecified atom stereocenters. The number of carbonyl (C=O) groups excluding carboxylic acids is 1. The maximum Gasteiger partial charge on any atom is 0.442 e. The van der Waals surface area contributed by atoms with Crippen molar-refractivity contribution in [3.05, 3.63) is 0 Å². The van der Waals surface area contributed by atoms with Gasteiger partial charge in [0.25, 0.3) is 0 Å². The van der Waals surface area contributed by atoms with Crippen LogP contribution in [0.4, 0.5) is 0 Å². The Morgan fingerprint density at radius 3 is 2.42 bits per heavy atom. The average molecular weight is 169 g/mol. The first kappa shape index (κ1) is 9.72. The molecule has 1 aliphatic rings. The number of unbranched alkanes of at least 4 members (excludes halogenated alkanes) is 1. The summed E-state index contributed by atoms with van der Waals surface area (Å²) in [6, 6.07) is 0. The van der Waals surface area contributed by atoms with Crippen molar-refractivity contribution in [1.82, 2.24) is 0 Å². The van der Waals surface area contributed by atoms with Gasteiger partial charge in [-0.05, 0) is 25.7 Å². The van der Waals surface area contributed by atoms with E-state index in [9.17, 15) is 4.79 Å². The lowest BCUT2D eigenvalue weighted by molar-refractivity contribution is -0.844. The number of rotatable bonds is 4. The Labute approximate surface area is 75.1 Å². The van der Waals surface area contributed by atoms with E-state index in [0.717, 1.165) is 26.1 Å². The van der Waals surface area contributed by atoms with Gasteiger partial charge in [0.2, 0.25) is 0 Å². The monoisotopic (exact) mass is 169 g/mol. The number of amides is 1. The molecule has 0 aliphatic carbocycles. The van der Waals surface area contributed by atoms with Crippen molar-refractivity contribution in [2.45, 2.75) is 39.0 Å². The first-order valence-electron chi connectivity index (χ1n) is 5.08. The van der Waals surface area contributed by atoms with Crippen molar-refractivity contribution in [1.29, 1.82) is 0 Å². The molecule has 1 amide bonds. The molecule has 69 valence electrons. The van der Waals surface area contributed by atoms with E-state index in [4.69, 9.17) is 0 Å². The lowest BCUT2D eigenvalue weighted by atomic mass is 10.1. The van der Waals surface area contributed by atoms with E-state index < -0.39 is 0 Å². The fourth-order valence-electron chi connectivity index (χ4n) is 1.94. The maximum atomic E-state index is 10.8. The van der Waals surface area contributed by atoms with E-state index in [0.29, 0.717) is 4.48 Å². The van der Waals surface area contributed by atoms with Crippen LogP contribution in [0.2, 0.25) is 0 Å². The second-order valence-corrected chi connectivity index (χ2v) is 3.82. The highest BCUT2D eigenvalue weighted by molar-refractivity contribution is 5.38. The zero-order valence-corrected chi connectivity index (χ0v) is 8.01. The molecule has 1 saturated heterocycles. The van der Waals surface area contributed by atoms with Crippen molar-refractivity contribution < 1.29 is 9.28 Å². The molecular weight excluding hydrogens is 150 g/mol. The average Bonchev–Trinajstić information content (AvgIpc) is 2.16. The molecule has 0 spiro atoms. The Morgan fingerprint density at radius 1 is 1.25 bits per heavy atom. The molecule has 0 aromatic rings. The topological polar surface area (TPSA) is 17.1 Å². The standard InChI is InChI=1S/C10H19NO/c1-2-3-7-11(10-12)8-5-4-6-9-11/h2-9H2,1H3/q+1. The minimum Gasteiger partial charge on any atom is -0.248 e. The number of quaternary nitrogens is 1. The van der Waals surface area contributed by atoms with Crippen molar-refractivity contribution in [2.75, 3.05) is 19.6 Å². The molecule has 1 rings (SSSR count). The predicted molar refractivity (Wildman–Crippen MR) is 49.3 cm³/mol. The Kier molecular flexibility index (Phi) is 3.73. The summed E-state index contributed by atoms with van der Waals surface area (Å²) in [7, 11) is 0. The third-order valence-corrected chi connectivity index (χ3v) is 2.81. The molecule has 1 aliphatic heterocycles. The van der Waals surface area contributed by atoms with Crippen LogP contribution in [0.1, 0.15) is 39.0 Å². The van der Waals surface area contributed by atoms with Crippen molar-refractivity contribution in [3.63, 3.8) is 0 Å². The highest BCUT2D eigenvalue weighted by Crippen LogP contribution is 2.17. The van der Waals surface area contributed by atoms with Gasteiger partial charge in [0.15, 0.2) is 0 Å². The van der Waals surface area contributed by atoms with Crippen molar-refractivity contribution in [3.8, 4) is 0 Å². The number of likely N-dealkylation sites (tertiary alicyclic amines) is 1. The molecule has 0 N–H and O–H groups in total. The molecule has 0 aromatic heterocycles. The zero-order valence-electron chi connectivity index (χ0n) is 8.01. The Bertz CT molecular complexity index is 139. The zero-order chi connectivity index (χ0) is 8.86. The van der Waals surface area contributed by atoms with E-state index in [1.807, 2.05) is 0 Å². The fourth-order valence-corrected chi connectivity index (χ4v) is 1.94. The summed E-state index contributed by atoms with van der Waals surface area (Å²) in [6.45, 7) is 5.25. The Morgan fingerprint density at radius 2 is 1.92 bits per heavy atom. The van der Waals surface area contributed by atoms with Gasteiger partial charge in [0.1, 0.15) is 0 Å². The van der Waals surface area contributed by atoms with Crippen LogP contribution < -0.4 is 0 Å². The second kappa shape index (κ2) is 4.61. The fraction of sp³-hybridized carbons (Fsp3) is 0.900. The van der Waals surface area contributed by atoms with Crippen LogP contribution in [0.25, 0.3) is 0 Å². The van der Waals surface area contributed by atoms with E-state index in [2.05, 4.69) is 13.3 Å². The molecule has 2 nitrogen and oxygen atoms in total. The molecule has 2 heteroatoms. The van der Waals surface area contributed by atoms with Crippen LogP contribution in [-0.2, 0) is 4.79 Å². The summed E-state index contributed by atoms with van der Waals surface area (Å²) < 4.78 is 0.619. The van der Waals surface area contributed by atoms with Gasteiger partial charge in [0, 0.05) is 0 Å². The van der Waals surface area contributed by atoms with Gasteiger partial charge in [-0.25, -0.2) is 9.28 Å². The molecule has 0 saturated carbocycles. The molecule has 1 heterocycles. The number of hydrogen-bond donors (Lipinski definition) is 0. The minimum atomic E-state index is 0.619. The van der Waals surface area contributed by atoms with Crippen LogP contribution in [0.3, 0.4) is 0 Å². The summed E-state index contributed by atoms with van der Waals surface area (Å²) >= 11 is 0. The van der Waals surface area contributed by atoms with Gasteiger partial charge < -0.3 is 0 Å². The first-order chi connectivity index (χ1) is 5.83. The highest BCUT2D eigenvalue weighted by atomic mass is 16.1. The lowest BCUT2D eigenvalue weighted by Crippen LogP contribution is -2.50. The van der Waals surface area contributed by atoms with E-state index in [1.54, 1.807) is 0 Å². The van der Waals surface area contributed by atoms with Crippen LogP contribution >= 0.6 is 0 Å². The normalized spacial score (nSPS) is 22.1. The molecule has 1 fully saturated rings. The van der Waals surface area contributed by atoms with Gasteiger partial charge in [-0.2, -0.15) is 0 Å². The third-order valence-electron chi connectivity index (χ3n) is 2.81. The van der Waals surface area contributed by atoms with Crippen LogP contribution in [0.15, 0.2) is 0 Å². The summed E-state index contributed by atoms with van der Waals surface area (Å²) in [6.07, 6.45) is 8.30. The van der Waals surface area contributed by atoms with Gasteiger partial charge in [0.05, 0.1) is 19.6 Å².